The number of ether oxygens (including phenoxy) is 1. The van der Waals surface area contributed by atoms with Gasteiger partial charge in [-0.05, 0) is 60.7 Å². The molecule has 0 aliphatic rings. The van der Waals surface area contributed by atoms with Crippen LogP contribution in [0.5, 0.6) is 11.5 Å². The number of azo groups is 1. The maximum atomic E-state index is 13.4. The van der Waals surface area contributed by atoms with E-state index >= 15 is 0 Å². The van der Waals surface area contributed by atoms with Crippen LogP contribution in [0.1, 0.15) is 29.8 Å². The summed E-state index contributed by atoms with van der Waals surface area (Å²) in [5.41, 5.74) is 0.512. The fourth-order valence-corrected chi connectivity index (χ4v) is 5.27. The summed E-state index contributed by atoms with van der Waals surface area (Å²) in [6, 6.07) is 15.5. The Bertz CT molecular complexity index is 1730. The van der Waals surface area contributed by atoms with Crippen molar-refractivity contribution < 1.29 is 57.2 Å². The van der Waals surface area contributed by atoms with Gasteiger partial charge < -0.3 is 15.2 Å². The smallest absolute Gasteiger partial charge is 0.870 e. The van der Waals surface area contributed by atoms with Crippen LogP contribution in [-0.2, 0) is 16.5 Å². The SMILES string of the molecule is CCOc1ccc(NC(=O)c2cc3ccccc3c(N=Nc3cc(CC)c(Cl)c(S(=O)(=O)O)c3)c2[O-])cc1Cl.[Na+]. The first-order valence-electron chi connectivity index (χ1n) is 11.7. The Kier molecular flexibility index (Phi) is 10.6. The molecular formula is C27H22Cl2N3NaO6S. The topological polar surface area (TPSA) is 140 Å². The number of hydrogen-bond acceptors (Lipinski definition) is 7. The number of nitrogens with zero attached hydrogens (tertiary/aromatic N) is 2. The molecule has 202 valence electrons. The molecule has 0 fully saturated rings. The molecule has 0 aliphatic heterocycles. The number of halogens is 2. The molecule has 1 amide bonds. The van der Waals surface area contributed by atoms with Crippen LogP contribution in [0.2, 0.25) is 10.0 Å². The molecule has 40 heavy (non-hydrogen) atoms. The van der Waals surface area contributed by atoms with E-state index < -0.39 is 26.7 Å². The van der Waals surface area contributed by atoms with Gasteiger partial charge in [-0.25, -0.2) is 0 Å². The van der Waals surface area contributed by atoms with Crippen LogP contribution in [0, 0.1) is 0 Å². The molecule has 13 heteroatoms. The number of hydrogen-bond donors (Lipinski definition) is 2. The standard InChI is InChI=1S/C27H23Cl2N3O6S.Na/c1-3-15-11-18(14-23(24(15)29)39(35,36)37)31-32-25-19-8-6-5-7-16(19)12-20(26(25)33)27(34)30-17-9-10-22(38-4-2)21(28)13-17;/h5-14,33H,3-4H2,1-2H3,(H,30,34)(H,35,36,37);/q;+1/p-1. The maximum absolute atomic E-state index is 13.4. The molecular weight excluding hydrogens is 588 g/mol. The predicted molar refractivity (Wildman–Crippen MR) is 149 cm³/mol. The van der Waals surface area contributed by atoms with E-state index in [1.807, 2.05) is 6.92 Å². The van der Waals surface area contributed by atoms with Gasteiger partial charge in [0.2, 0.25) is 0 Å². The molecule has 4 rings (SSSR count). The van der Waals surface area contributed by atoms with E-state index in [1.54, 1.807) is 43.3 Å². The van der Waals surface area contributed by atoms with Crippen LogP contribution in [0.4, 0.5) is 17.1 Å². The van der Waals surface area contributed by atoms with Crippen molar-refractivity contribution >= 4 is 67.1 Å². The van der Waals surface area contributed by atoms with Crippen LogP contribution in [0.25, 0.3) is 10.8 Å². The Balaban J connectivity index is 0.00000441. The molecule has 0 radical (unpaired) electrons. The van der Waals surface area contributed by atoms with Crippen LogP contribution < -0.4 is 44.7 Å². The zero-order valence-corrected chi connectivity index (χ0v) is 26.1. The van der Waals surface area contributed by atoms with Crippen LogP contribution >= 0.6 is 23.2 Å². The third-order valence-corrected chi connectivity index (χ3v) is 7.46. The molecule has 4 aromatic carbocycles. The van der Waals surface area contributed by atoms with Gasteiger partial charge in [-0.1, -0.05) is 60.1 Å². The molecule has 9 nitrogen and oxygen atoms in total. The quantitative estimate of drug-likeness (QED) is 0.175. The summed E-state index contributed by atoms with van der Waals surface area (Å²) in [6.07, 6.45) is 0.353. The second-order valence-corrected chi connectivity index (χ2v) is 10.5. The Morgan fingerprint density at radius 1 is 1.05 bits per heavy atom. The van der Waals surface area contributed by atoms with Gasteiger partial charge in [0, 0.05) is 16.6 Å². The first-order chi connectivity index (χ1) is 18.5. The zero-order chi connectivity index (χ0) is 28.3. The molecule has 2 N–H and O–H groups in total. The van der Waals surface area contributed by atoms with Crippen molar-refractivity contribution in [3.8, 4) is 11.5 Å². The maximum Gasteiger partial charge on any atom is 1.00 e. The number of anilines is 1. The number of carbonyl (C=O) groups is 1. The van der Waals surface area contributed by atoms with E-state index in [0.717, 1.165) is 6.07 Å². The van der Waals surface area contributed by atoms with Gasteiger partial charge in [-0.15, -0.1) is 0 Å². The summed E-state index contributed by atoms with van der Waals surface area (Å²) >= 11 is 12.3. The number of nitrogens with one attached hydrogen (secondary N) is 1. The summed E-state index contributed by atoms with van der Waals surface area (Å²) in [6.45, 7) is 3.99. The minimum atomic E-state index is -4.64. The van der Waals surface area contributed by atoms with Crippen LogP contribution in [-0.4, -0.2) is 25.5 Å². The van der Waals surface area contributed by atoms with Gasteiger partial charge in [0.1, 0.15) is 10.6 Å². The summed E-state index contributed by atoms with van der Waals surface area (Å²) in [4.78, 5) is 12.6. The van der Waals surface area contributed by atoms with E-state index in [-0.39, 0.29) is 51.5 Å². The Morgan fingerprint density at radius 2 is 1.77 bits per heavy atom. The van der Waals surface area contributed by atoms with E-state index in [4.69, 9.17) is 27.9 Å². The number of carbonyl (C=O) groups excluding carboxylic acids is 1. The monoisotopic (exact) mass is 609 g/mol. The van der Waals surface area contributed by atoms with Crippen molar-refractivity contribution in [2.45, 2.75) is 25.2 Å². The molecule has 0 aromatic heterocycles. The zero-order valence-electron chi connectivity index (χ0n) is 21.7. The van der Waals surface area contributed by atoms with Gasteiger partial charge in [0.05, 0.1) is 28.0 Å². The first-order valence-corrected chi connectivity index (χ1v) is 13.9. The molecule has 0 aliphatic carbocycles. The second-order valence-electron chi connectivity index (χ2n) is 8.30. The Morgan fingerprint density at radius 3 is 2.42 bits per heavy atom. The van der Waals surface area contributed by atoms with Gasteiger partial charge in [-0.2, -0.15) is 18.6 Å². The summed E-state index contributed by atoms with van der Waals surface area (Å²) in [7, 11) is -4.64. The molecule has 0 spiro atoms. The fraction of sp³-hybridized carbons (Fsp3) is 0.148. The largest absolute Gasteiger partial charge is 1.00 e. The molecule has 0 bridgehead atoms. The molecule has 4 aromatic rings. The summed E-state index contributed by atoms with van der Waals surface area (Å²) < 4.78 is 38.6. The predicted octanol–water partition coefficient (Wildman–Crippen LogP) is 4.10. The minimum absolute atomic E-state index is 0. The van der Waals surface area contributed by atoms with Crippen molar-refractivity contribution in [3.63, 3.8) is 0 Å². The summed E-state index contributed by atoms with van der Waals surface area (Å²) in [5.74, 6) is -0.914. The van der Waals surface area contributed by atoms with Gasteiger partial charge >= 0.3 is 29.6 Å². The molecule has 0 unspecified atom stereocenters. The number of rotatable bonds is 8. The van der Waals surface area contributed by atoms with Gasteiger partial charge in [-0.3, -0.25) is 9.35 Å². The number of amides is 1. The Hall–Kier alpha value is -2.70. The normalized spacial score (nSPS) is 11.4. The van der Waals surface area contributed by atoms with Crippen molar-refractivity contribution in [2.75, 3.05) is 11.9 Å². The van der Waals surface area contributed by atoms with E-state index in [9.17, 15) is 22.9 Å². The van der Waals surface area contributed by atoms with E-state index in [2.05, 4.69) is 15.5 Å². The first kappa shape index (κ1) is 31.8. The third-order valence-electron chi connectivity index (χ3n) is 5.73. The van der Waals surface area contributed by atoms with E-state index in [1.165, 1.54) is 18.2 Å². The van der Waals surface area contributed by atoms with Gasteiger partial charge in [0.15, 0.2) is 0 Å². The average Bonchev–Trinajstić information content (AvgIpc) is 2.89. The van der Waals surface area contributed by atoms with Gasteiger partial charge in [0.25, 0.3) is 16.0 Å². The fourth-order valence-electron chi connectivity index (χ4n) is 3.88. The number of fused-ring (bicyclic) bond motifs is 1. The average molecular weight is 610 g/mol. The molecule has 0 saturated heterocycles. The van der Waals surface area contributed by atoms with E-state index in [0.29, 0.717) is 45.8 Å². The molecule has 0 saturated carbocycles. The second kappa shape index (κ2) is 13.3. The number of aryl methyl sites for hydroxylation is 1. The van der Waals surface area contributed by atoms with Crippen LogP contribution in [0.3, 0.4) is 0 Å². The third kappa shape index (κ3) is 6.95. The Labute approximate surface area is 263 Å². The molecule has 0 heterocycles. The minimum Gasteiger partial charge on any atom is -0.870 e. The van der Waals surface area contributed by atoms with Crippen molar-refractivity contribution in [1.29, 1.82) is 0 Å². The molecule has 0 atom stereocenters. The number of benzene rings is 4. The van der Waals surface area contributed by atoms with Crippen LogP contribution in [0.15, 0.2) is 75.8 Å². The van der Waals surface area contributed by atoms with Crippen molar-refractivity contribution in [3.05, 3.63) is 81.8 Å². The van der Waals surface area contributed by atoms with Crippen molar-refractivity contribution in [1.82, 2.24) is 0 Å². The van der Waals surface area contributed by atoms with Crippen molar-refractivity contribution in [2.24, 2.45) is 10.2 Å². The summed E-state index contributed by atoms with van der Waals surface area (Å²) in [5, 5.41) is 25.4.